The average Bonchev–Trinajstić information content (AvgIpc) is 1.83. The topological polar surface area (TPSA) is 0 Å². The van der Waals surface area contributed by atoms with E-state index in [1.54, 1.807) is 0 Å². The zero-order valence-corrected chi connectivity index (χ0v) is 5.35. The van der Waals surface area contributed by atoms with Gasteiger partial charge in [0.2, 0.25) is 0 Å². The van der Waals surface area contributed by atoms with Crippen LogP contribution in [0.5, 0.6) is 0 Å². The predicted octanol–water partition coefficient (Wildman–Crippen LogP) is 2.69. The Balaban J connectivity index is 3.71. The van der Waals surface area contributed by atoms with E-state index in [1.807, 2.05) is 25.2 Å². The molecule has 0 nitrogen and oxygen atoms in total. The van der Waals surface area contributed by atoms with Gasteiger partial charge in [-0.1, -0.05) is 24.8 Å². The highest BCUT2D eigenvalue weighted by Crippen LogP contribution is 2.00. The summed E-state index contributed by atoms with van der Waals surface area (Å²) < 4.78 is 0. The normalized spacial score (nSPS) is 10.9. The van der Waals surface area contributed by atoms with Crippen LogP contribution in [0.3, 0.4) is 0 Å². The van der Waals surface area contributed by atoms with Crippen LogP contribution in [0.15, 0.2) is 37.0 Å². The molecule has 0 spiro atoms. The Morgan fingerprint density at radius 2 is 2.12 bits per heavy atom. The maximum absolute atomic E-state index is 3.63. The standard InChI is InChI=1S/C8H12/c1-4-7-8(5-2)6-3/h4-6H,1-2,7H2,3H3/b8-6+. The molecule has 0 bridgehead atoms. The van der Waals surface area contributed by atoms with Gasteiger partial charge in [0, 0.05) is 0 Å². The van der Waals surface area contributed by atoms with Gasteiger partial charge in [0.25, 0.3) is 0 Å². The molecule has 0 aromatic heterocycles. The second-order valence-electron chi connectivity index (χ2n) is 1.56. The maximum Gasteiger partial charge on any atom is -0.0104 e. The summed E-state index contributed by atoms with van der Waals surface area (Å²) in [5.74, 6) is 0. The molecule has 0 unspecified atom stereocenters. The Morgan fingerprint density at radius 3 is 2.25 bits per heavy atom. The first-order chi connectivity index (χ1) is 3.85. The van der Waals surface area contributed by atoms with Gasteiger partial charge in [0.05, 0.1) is 0 Å². The highest BCUT2D eigenvalue weighted by molar-refractivity contribution is 5.17. The molecule has 0 aromatic rings. The lowest BCUT2D eigenvalue weighted by atomic mass is 10.2. The van der Waals surface area contributed by atoms with Crippen LogP contribution in [0.25, 0.3) is 0 Å². The third-order valence-electron chi connectivity index (χ3n) is 1.01. The molecule has 0 rings (SSSR count). The van der Waals surface area contributed by atoms with E-state index in [0.29, 0.717) is 0 Å². The van der Waals surface area contributed by atoms with Crippen molar-refractivity contribution in [2.75, 3.05) is 0 Å². The Hall–Kier alpha value is -0.780. The van der Waals surface area contributed by atoms with Crippen molar-refractivity contribution >= 4 is 0 Å². The van der Waals surface area contributed by atoms with Crippen molar-refractivity contribution < 1.29 is 0 Å². The highest BCUT2D eigenvalue weighted by Gasteiger charge is 1.80. The molecule has 0 atom stereocenters. The minimum absolute atomic E-state index is 0.931. The molecule has 0 saturated carbocycles. The highest BCUT2D eigenvalue weighted by atomic mass is 13.9. The van der Waals surface area contributed by atoms with Crippen molar-refractivity contribution in [1.82, 2.24) is 0 Å². The van der Waals surface area contributed by atoms with E-state index >= 15 is 0 Å². The molecular formula is C8H12. The van der Waals surface area contributed by atoms with E-state index < -0.39 is 0 Å². The fourth-order valence-corrected chi connectivity index (χ4v) is 0.486. The van der Waals surface area contributed by atoms with Crippen LogP contribution in [0.4, 0.5) is 0 Å². The molecule has 0 heterocycles. The van der Waals surface area contributed by atoms with Crippen LogP contribution in [0.1, 0.15) is 13.3 Å². The molecule has 0 saturated heterocycles. The van der Waals surface area contributed by atoms with Crippen LogP contribution in [0, 0.1) is 0 Å². The summed E-state index contributed by atoms with van der Waals surface area (Å²) in [6.07, 6.45) is 6.69. The molecule has 0 aliphatic heterocycles. The van der Waals surface area contributed by atoms with Crippen LogP contribution in [-0.2, 0) is 0 Å². The molecule has 44 valence electrons. The van der Waals surface area contributed by atoms with E-state index in [9.17, 15) is 0 Å². The molecule has 0 N–H and O–H groups in total. The van der Waals surface area contributed by atoms with Gasteiger partial charge in [0.1, 0.15) is 0 Å². The Morgan fingerprint density at radius 1 is 1.50 bits per heavy atom. The molecule has 0 fully saturated rings. The van der Waals surface area contributed by atoms with Crippen molar-refractivity contribution in [3.63, 3.8) is 0 Å². The summed E-state index contributed by atoms with van der Waals surface area (Å²) in [7, 11) is 0. The molecule has 0 radical (unpaired) electrons. The van der Waals surface area contributed by atoms with Crippen molar-refractivity contribution in [1.29, 1.82) is 0 Å². The summed E-state index contributed by atoms with van der Waals surface area (Å²) in [6.45, 7) is 9.24. The second kappa shape index (κ2) is 4.38. The maximum atomic E-state index is 3.63. The SMILES string of the molecule is C=CC/C(C=C)=C/C. The van der Waals surface area contributed by atoms with Crippen LogP contribution in [0.2, 0.25) is 0 Å². The Bertz CT molecular complexity index is 107. The lowest BCUT2D eigenvalue weighted by molar-refractivity contribution is 1.28. The van der Waals surface area contributed by atoms with Crippen molar-refractivity contribution in [3.05, 3.63) is 37.0 Å². The fraction of sp³-hybridized carbons (Fsp3) is 0.250. The lowest BCUT2D eigenvalue weighted by Gasteiger charge is -1.90. The minimum atomic E-state index is 0.931. The van der Waals surface area contributed by atoms with Crippen molar-refractivity contribution in [2.24, 2.45) is 0 Å². The Kier molecular flexibility index (Phi) is 3.95. The first-order valence-electron chi connectivity index (χ1n) is 2.73. The summed E-state index contributed by atoms with van der Waals surface area (Å²) in [6, 6.07) is 0. The number of hydrogen-bond acceptors (Lipinski definition) is 0. The summed E-state index contributed by atoms with van der Waals surface area (Å²) in [5, 5.41) is 0. The zero-order chi connectivity index (χ0) is 6.41. The average molecular weight is 108 g/mol. The van der Waals surface area contributed by atoms with E-state index in [0.717, 1.165) is 6.42 Å². The monoisotopic (exact) mass is 108 g/mol. The van der Waals surface area contributed by atoms with Gasteiger partial charge in [-0.2, -0.15) is 0 Å². The van der Waals surface area contributed by atoms with Gasteiger partial charge < -0.3 is 0 Å². The third kappa shape index (κ3) is 2.40. The van der Waals surface area contributed by atoms with Crippen molar-refractivity contribution in [3.8, 4) is 0 Å². The second-order valence-corrected chi connectivity index (χ2v) is 1.56. The quantitative estimate of drug-likeness (QED) is 0.385. The number of rotatable bonds is 3. The molecule has 0 heteroatoms. The van der Waals surface area contributed by atoms with E-state index in [-0.39, 0.29) is 0 Å². The van der Waals surface area contributed by atoms with Gasteiger partial charge in [-0.3, -0.25) is 0 Å². The van der Waals surface area contributed by atoms with Crippen molar-refractivity contribution in [2.45, 2.75) is 13.3 Å². The van der Waals surface area contributed by atoms with E-state index in [1.165, 1.54) is 5.57 Å². The van der Waals surface area contributed by atoms with Crippen LogP contribution < -0.4 is 0 Å². The smallest absolute Gasteiger partial charge is 0.0104 e. The van der Waals surface area contributed by atoms with Gasteiger partial charge in [-0.25, -0.2) is 0 Å². The molecule has 0 aliphatic rings. The molecule has 0 amide bonds. The molecule has 8 heavy (non-hydrogen) atoms. The number of hydrogen-bond donors (Lipinski definition) is 0. The molecular weight excluding hydrogens is 96.1 g/mol. The van der Waals surface area contributed by atoms with E-state index in [2.05, 4.69) is 13.2 Å². The summed E-state index contributed by atoms with van der Waals surface area (Å²) in [4.78, 5) is 0. The fourth-order valence-electron chi connectivity index (χ4n) is 0.486. The third-order valence-corrected chi connectivity index (χ3v) is 1.01. The van der Waals surface area contributed by atoms with Gasteiger partial charge in [0.15, 0.2) is 0 Å². The Labute approximate surface area is 51.2 Å². The largest absolute Gasteiger partial charge is 0.103 e. The van der Waals surface area contributed by atoms with Crippen LogP contribution in [-0.4, -0.2) is 0 Å². The van der Waals surface area contributed by atoms with Gasteiger partial charge in [-0.05, 0) is 18.9 Å². The molecule has 0 aliphatic carbocycles. The number of allylic oxidation sites excluding steroid dienone is 4. The van der Waals surface area contributed by atoms with Crippen LogP contribution >= 0.6 is 0 Å². The first kappa shape index (κ1) is 7.22. The minimum Gasteiger partial charge on any atom is -0.103 e. The first-order valence-corrected chi connectivity index (χ1v) is 2.73. The van der Waals surface area contributed by atoms with E-state index in [4.69, 9.17) is 0 Å². The predicted molar refractivity (Wildman–Crippen MR) is 38.8 cm³/mol. The molecule has 0 aromatic carbocycles. The summed E-state index contributed by atoms with van der Waals surface area (Å²) in [5.41, 5.74) is 1.24. The van der Waals surface area contributed by atoms with Gasteiger partial charge in [-0.15, -0.1) is 6.58 Å². The lowest BCUT2D eigenvalue weighted by Crippen LogP contribution is -1.69. The zero-order valence-electron chi connectivity index (χ0n) is 5.35. The van der Waals surface area contributed by atoms with Gasteiger partial charge >= 0.3 is 0 Å². The summed E-state index contributed by atoms with van der Waals surface area (Å²) >= 11 is 0.